The van der Waals surface area contributed by atoms with Crippen LogP contribution in [0.4, 0.5) is 5.69 Å². The second-order valence-electron chi connectivity index (χ2n) is 4.74. The average Bonchev–Trinajstić information content (AvgIpc) is 3.04. The molecule has 0 atom stereocenters. The monoisotopic (exact) mass is 267 g/mol. The van der Waals surface area contributed by atoms with Gasteiger partial charge in [-0.25, -0.2) is 4.68 Å². The molecule has 2 heterocycles. The van der Waals surface area contributed by atoms with Gasteiger partial charge >= 0.3 is 0 Å². The Balaban J connectivity index is 1.70. The number of aromatic nitrogens is 4. The van der Waals surface area contributed by atoms with Crippen LogP contribution in [0.3, 0.4) is 0 Å². The highest BCUT2D eigenvalue weighted by atomic mass is 15.3. The Bertz CT molecular complexity index is 696. The first-order valence-electron chi connectivity index (χ1n) is 6.56. The van der Waals surface area contributed by atoms with Crippen molar-refractivity contribution in [3.63, 3.8) is 0 Å². The number of nitrogens with zero attached hydrogens (tertiary/aromatic N) is 4. The molecular formula is C15H17N5. The zero-order valence-electron chi connectivity index (χ0n) is 11.6. The minimum atomic E-state index is 0.687. The first kappa shape index (κ1) is 12.5. The number of aryl methyl sites for hydroxylation is 2. The van der Waals surface area contributed by atoms with Crippen molar-refractivity contribution in [2.45, 2.75) is 13.5 Å². The topological polar surface area (TPSA) is 47.7 Å². The molecular weight excluding hydrogens is 250 g/mol. The number of hydrogen-bond acceptors (Lipinski definition) is 3. The second kappa shape index (κ2) is 5.21. The van der Waals surface area contributed by atoms with E-state index in [2.05, 4.69) is 15.5 Å². The molecule has 5 nitrogen and oxygen atoms in total. The van der Waals surface area contributed by atoms with Crippen LogP contribution in [0.25, 0.3) is 5.69 Å². The fourth-order valence-corrected chi connectivity index (χ4v) is 2.14. The van der Waals surface area contributed by atoms with Gasteiger partial charge in [-0.3, -0.25) is 4.68 Å². The lowest BCUT2D eigenvalue weighted by Crippen LogP contribution is -2.02. The molecule has 0 amide bonds. The zero-order chi connectivity index (χ0) is 13.9. The molecule has 1 aromatic carbocycles. The van der Waals surface area contributed by atoms with E-state index in [4.69, 9.17) is 0 Å². The number of para-hydroxylation sites is 1. The van der Waals surface area contributed by atoms with E-state index >= 15 is 0 Å². The summed E-state index contributed by atoms with van der Waals surface area (Å²) in [6.07, 6.45) is 3.95. The van der Waals surface area contributed by atoms with Gasteiger partial charge < -0.3 is 5.32 Å². The highest BCUT2D eigenvalue weighted by molar-refractivity contribution is 5.45. The summed E-state index contributed by atoms with van der Waals surface area (Å²) in [5.41, 5.74) is 4.10. The number of anilines is 1. The molecule has 1 N–H and O–H groups in total. The van der Waals surface area contributed by atoms with Gasteiger partial charge in [-0.15, -0.1) is 0 Å². The Morgan fingerprint density at radius 3 is 2.60 bits per heavy atom. The highest BCUT2D eigenvalue weighted by Crippen LogP contribution is 2.13. The predicted octanol–water partition coefficient (Wildman–Crippen LogP) is 2.53. The average molecular weight is 267 g/mol. The van der Waals surface area contributed by atoms with E-state index in [9.17, 15) is 0 Å². The quantitative estimate of drug-likeness (QED) is 0.790. The third-order valence-electron chi connectivity index (χ3n) is 3.14. The smallest absolute Gasteiger partial charge is 0.0825 e. The molecule has 102 valence electrons. The Kier molecular flexibility index (Phi) is 3.25. The van der Waals surface area contributed by atoms with E-state index in [-0.39, 0.29) is 0 Å². The molecule has 3 rings (SSSR count). The van der Waals surface area contributed by atoms with E-state index in [1.54, 1.807) is 4.68 Å². The van der Waals surface area contributed by atoms with Gasteiger partial charge in [0, 0.05) is 19.4 Å². The van der Waals surface area contributed by atoms with Crippen molar-refractivity contribution >= 4 is 5.69 Å². The third kappa shape index (κ3) is 2.56. The van der Waals surface area contributed by atoms with Crippen LogP contribution in [-0.4, -0.2) is 19.6 Å². The van der Waals surface area contributed by atoms with Crippen molar-refractivity contribution in [3.05, 3.63) is 60.2 Å². The van der Waals surface area contributed by atoms with Crippen molar-refractivity contribution in [1.29, 1.82) is 0 Å². The summed E-state index contributed by atoms with van der Waals surface area (Å²) in [5.74, 6) is 0. The summed E-state index contributed by atoms with van der Waals surface area (Å²) in [4.78, 5) is 0. The van der Waals surface area contributed by atoms with Crippen LogP contribution in [0, 0.1) is 6.92 Å². The van der Waals surface area contributed by atoms with Crippen LogP contribution in [0.1, 0.15) is 11.4 Å². The summed E-state index contributed by atoms with van der Waals surface area (Å²) in [6.45, 7) is 2.68. The molecule has 20 heavy (non-hydrogen) atoms. The van der Waals surface area contributed by atoms with Crippen molar-refractivity contribution < 1.29 is 0 Å². The summed E-state index contributed by atoms with van der Waals surface area (Å²) in [5, 5.41) is 12.2. The van der Waals surface area contributed by atoms with E-state index < -0.39 is 0 Å². The molecule has 5 heteroatoms. The van der Waals surface area contributed by atoms with Crippen molar-refractivity contribution in [2.75, 3.05) is 5.32 Å². The summed E-state index contributed by atoms with van der Waals surface area (Å²) in [7, 11) is 1.92. The lowest BCUT2D eigenvalue weighted by molar-refractivity contribution is 0.756. The molecule has 0 unspecified atom stereocenters. The van der Waals surface area contributed by atoms with E-state index in [1.165, 1.54) is 0 Å². The van der Waals surface area contributed by atoms with Crippen molar-refractivity contribution in [1.82, 2.24) is 19.6 Å². The largest absolute Gasteiger partial charge is 0.377 e. The fourth-order valence-electron chi connectivity index (χ4n) is 2.14. The van der Waals surface area contributed by atoms with Crippen LogP contribution in [0.15, 0.2) is 48.8 Å². The molecule has 2 aromatic heterocycles. The van der Waals surface area contributed by atoms with Gasteiger partial charge in [0.25, 0.3) is 0 Å². The standard InChI is InChI=1S/C15H17N5/c1-12-15(11-19(2)17-12)16-10-13-8-9-20(18-13)14-6-4-3-5-7-14/h3-9,11,16H,10H2,1-2H3. The molecule has 0 aliphatic heterocycles. The molecule has 0 saturated carbocycles. The lowest BCUT2D eigenvalue weighted by Gasteiger charge is -2.02. The van der Waals surface area contributed by atoms with Crippen molar-refractivity contribution in [2.24, 2.45) is 7.05 Å². The predicted molar refractivity (Wildman–Crippen MR) is 78.8 cm³/mol. The number of benzene rings is 1. The zero-order valence-corrected chi connectivity index (χ0v) is 11.6. The van der Waals surface area contributed by atoms with Gasteiger partial charge in [0.2, 0.25) is 0 Å². The van der Waals surface area contributed by atoms with Crippen LogP contribution >= 0.6 is 0 Å². The van der Waals surface area contributed by atoms with Crippen molar-refractivity contribution in [3.8, 4) is 5.69 Å². The molecule has 0 aliphatic carbocycles. The maximum Gasteiger partial charge on any atom is 0.0825 e. The molecule has 0 saturated heterocycles. The first-order valence-corrected chi connectivity index (χ1v) is 6.56. The first-order chi connectivity index (χ1) is 9.72. The second-order valence-corrected chi connectivity index (χ2v) is 4.74. The molecule has 0 aliphatic rings. The maximum atomic E-state index is 4.56. The van der Waals surface area contributed by atoms with Crippen LogP contribution in [-0.2, 0) is 13.6 Å². The summed E-state index contributed by atoms with van der Waals surface area (Å²) in [6, 6.07) is 12.1. The minimum absolute atomic E-state index is 0.687. The molecule has 0 fully saturated rings. The Morgan fingerprint density at radius 2 is 1.90 bits per heavy atom. The van der Waals surface area contributed by atoms with Gasteiger partial charge in [0.15, 0.2) is 0 Å². The molecule has 3 aromatic rings. The van der Waals surface area contributed by atoms with E-state index in [0.29, 0.717) is 6.54 Å². The Labute approximate surface area is 117 Å². The van der Waals surface area contributed by atoms with Gasteiger partial charge in [0.05, 0.1) is 29.3 Å². The van der Waals surface area contributed by atoms with Gasteiger partial charge in [-0.2, -0.15) is 10.2 Å². The van der Waals surface area contributed by atoms with E-state index in [1.807, 2.05) is 67.4 Å². The fraction of sp³-hybridized carbons (Fsp3) is 0.200. The summed E-state index contributed by atoms with van der Waals surface area (Å²) < 4.78 is 3.69. The third-order valence-corrected chi connectivity index (χ3v) is 3.14. The minimum Gasteiger partial charge on any atom is -0.377 e. The Hall–Kier alpha value is -2.56. The van der Waals surface area contributed by atoms with E-state index in [0.717, 1.165) is 22.8 Å². The molecule has 0 radical (unpaired) electrons. The molecule has 0 bridgehead atoms. The number of nitrogens with one attached hydrogen (secondary N) is 1. The van der Waals surface area contributed by atoms with Gasteiger partial charge in [-0.05, 0) is 25.1 Å². The van der Waals surface area contributed by atoms with Gasteiger partial charge in [-0.1, -0.05) is 18.2 Å². The molecule has 0 spiro atoms. The maximum absolute atomic E-state index is 4.56. The van der Waals surface area contributed by atoms with Gasteiger partial charge in [0.1, 0.15) is 0 Å². The summed E-state index contributed by atoms with van der Waals surface area (Å²) >= 11 is 0. The Morgan fingerprint density at radius 1 is 1.10 bits per heavy atom. The number of rotatable bonds is 4. The normalized spacial score (nSPS) is 10.7. The van der Waals surface area contributed by atoms with Crippen LogP contribution in [0.5, 0.6) is 0 Å². The van der Waals surface area contributed by atoms with Crippen LogP contribution in [0.2, 0.25) is 0 Å². The van der Waals surface area contributed by atoms with Crippen LogP contribution < -0.4 is 5.32 Å². The highest BCUT2D eigenvalue weighted by Gasteiger charge is 2.04. The number of hydrogen-bond donors (Lipinski definition) is 1. The lowest BCUT2D eigenvalue weighted by atomic mass is 10.3. The SMILES string of the molecule is Cc1nn(C)cc1NCc1ccn(-c2ccccc2)n1.